The highest BCUT2D eigenvalue weighted by Gasteiger charge is 2.18. The third-order valence-corrected chi connectivity index (χ3v) is 3.83. The van der Waals surface area contributed by atoms with Crippen LogP contribution in [0.5, 0.6) is 0 Å². The number of hydrogen-bond donors (Lipinski definition) is 0. The van der Waals surface area contributed by atoms with Crippen molar-refractivity contribution >= 4 is 27.1 Å². The molecule has 18 heavy (non-hydrogen) atoms. The van der Waals surface area contributed by atoms with E-state index in [-0.39, 0.29) is 0 Å². The van der Waals surface area contributed by atoms with E-state index in [0.29, 0.717) is 0 Å². The van der Waals surface area contributed by atoms with Crippen molar-refractivity contribution in [2.24, 2.45) is 7.05 Å². The predicted molar refractivity (Wildman–Crippen MR) is 78.4 cm³/mol. The van der Waals surface area contributed by atoms with Crippen LogP contribution in [0, 0.1) is 0 Å². The van der Waals surface area contributed by atoms with Gasteiger partial charge in [-0.25, -0.2) is 4.57 Å². The van der Waals surface area contributed by atoms with Gasteiger partial charge in [-0.2, -0.15) is 0 Å². The highest BCUT2D eigenvalue weighted by molar-refractivity contribution is 7.17. The largest absolute Gasteiger partial charge is 0.287 e. The van der Waals surface area contributed by atoms with E-state index in [1.54, 1.807) is 11.3 Å². The molecular weight excluding hydrogens is 240 g/mol. The number of hydrogen-bond acceptors (Lipinski definition) is 2. The van der Waals surface area contributed by atoms with Crippen molar-refractivity contribution in [3.05, 3.63) is 53.8 Å². The van der Waals surface area contributed by atoms with Gasteiger partial charge in [-0.1, -0.05) is 24.8 Å². The number of aryl methyl sites for hydroxylation is 1. The van der Waals surface area contributed by atoms with Gasteiger partial charge in [0.1, 0.15) is 4.70 Å². The second kappa shape index (κ2) is 5.27. The molecule has 0 aromatic carbocycles. The van der Waals surface area contributed by atoms with Crippen LogP contribution in [0.15, 0.2) is 48.2 Å². The van der Waals surface area contributed by atoms with Gasteiger partial charge < -0.3 is 0 Å². The Kier molecular flexibility index (Phi) is 3.72. The molecule has 0 unspecified atom stereocenters. The molecular formula is C15H17N2S+. The van der Waals surface area contributed by atoms with Crippen LogP contribution < -0.4 is 4.57 Å². The van der Waals surface area contributed by atoms with Crippen molar-refractivity contribution in [1.29, 1.82) is 0 Å². The summed E-state index contributed by atoms with van der Waals surface area (Å²) >= 11 is 1.73. The Hall–Kier alpha value is -1.74. The minimum atomic E-state index is 1.05. The average Bonchev–Trinajstić information content (AvgIpc) is 2.81. The van der Waals surface area contributed by atoms with Gasteiger partial charge >= 0.3 is 0 Å². The SMILES string of the molecule is C=C/C=C(C)\C(=C/C)c1c2sccc2nc[n+]1C. The maximum Gasteiger partial charge on any atom is 0.287 e. The second-order valence-corrected chi connectivity index (χ2v) is 5.04. The van der Waals surface area contributed by atoms with Gasteiger partial charge in [0.2, 0.25) is 0 Å². The van der Waals surface area contributed by atoms with Crippen LogP contribution in [0.2, 0.25) is 0 Å². The Bertz CT molecular complexity index is 648. The third kappa shape index (κ3) is 2.14. The van der Waals surface area contributed by atoms with Gasteiger partial charge in [0.05, 0.1) is 7.05 Å². The van der Waals surface area contributed by atoms with Gasteiger partial charge in [-0.3, -0.25) is 0 Å². The molecule has 3 heteroatoms. The summed E-state index contributed by atoms with van der Waals surface area (Å²) < 4.78 is 3.30. The summed E-state index contributed by atoms with van der Waals surface area (Å²) in [5.41, 5.74) is 4.71. The van der Waals surface area contributed by atoms with E-state index in [9.17, 15) is 0 Å². The fraction of sp³-hybridized carbons (Fsp3) is 0.200. The van der Waals surface area contributed by atoms with Gasteiger partial charge in [0.15, 0.2) is 11.2 Å². The lowest BCUT2D eigenvalue weighted by Crippen LogP contribution is -2.33. The molecule has 0 fully saturated rings. The molecule has 2 nitrogen and oxygen atoms in total. The molecule has 92 valence electrons. The summed E-state index contributed by atoms with van der Waals surface area (Å²) in [4.78, 5) is 4.43. The molecule has 0 aliphatic heterocycles. The van der Waals surface area contributed by atoms with Gasteiger partial charge in [0, 0.05) is 11.6 Å². The molecule has 2 heterocycles. The quantitative estimate of drug-likeness (QED) is 0.606. The molecule has 0 amide bonds. The van der Waals surface area contributed by atoms with Crippen molar-refractivity contribution < 1.29 is 4.57 Å². The van der Waals surface area contributed by atoms with Crippen LogP contribution >= 0.6 is 11.3 Å². The van der Waals surface area contributed by atoms with Crippen molar-refractivity contribution in [1.82, 2.24) is 4.98 Å². The molecule has 2 aromatic heterocycles. The maximum atomic E-state index is 4.43. The predicted octanol–water partition coefficient (Wildman–Crippen LogP) is 3.66. The van der Waals surface area contributed by atoms with Crippen LogP contribution in [0.4, 0.5) is 0 Å². The summed E-state index contributed by atoms with van der Waals surface area (Å²) in [6.07, 6.45) is 7.87. The second-order valence-electron chi connectivity index (χ2n) is 4.13. The number of aromatic nitrogens is 2. The Labute approximate surface area is 112 Å². The normalized spacial score (nSPS) is 13.1. The number of rotatable bonds is 3. The topological polar surface area (TPSA) is 16.8 Å². The van der Waals surface area contributed by atoms with Crippen molar-refractivity contribution in [3.8, 4) is 0 Å². The zero-order valence-electron chi connectivity index (χ0n) is 11.0. The van der Waals surface area contributed by atoms with E-state index in [0.717, 1.165) is 5.52 Å². The first-order valence-electron chi connectivity index (χ1n) is 5.87. The zero-order chi connectivity index (χ0) is 13.1. The van der Waals surface area contributed by atoms with Gasteiger partial charge in [-0.05, 0) is 29.8 Å². The van der Waals surface area contributed by atoms with Crippen molar-refractivity contribution in [2.75, 3.05) is 0 Å². The molecule has 0 spiro atoms. The number of allylic oxidation sites excluding steroid dienone is 5. The molecule has 0 bridgehead atoms. The molecule has 0 atom stereocenters. The van der Waals surface area contributed by atoms with Crippen LogP contribution in [0.3, 0.4) is 0 Å². The maximum absolute atomic E-state index is 4.43. The zero-order valence-corrected chi connectivity index (χ0v) is 11.8. The first kappa shape index (κ1) is 12.7. The molecule has 2 rings (SSSR count). The Morgan fingerprint density at radius 1 is 1.50 bits per heavy atom. The van der Waals surface area contributed by atoms with E-state index >= 15 is 0 Å². The van der Waals surface area contributed by atoms with Crippen LogP contribution in [0.1, 0.15) is 19.5 Å². The lowest BCUT2D eigenvalue weighted by Gasteiger charge is -2.08. The molecule has 0 N–H and O–H groups in total. The first-order chi connectivity index (χ1) is 8.69. The summed E-state index contributed by atoms with van der Waals surface area (Å²) in [5, 5.41) is 2.08. The van der Waals surface area contributed by atoms with Crippen LogP contribution in [-0.4, -0.2) is 4.98 Å². The van der Waals surface area contributed by atoms with Gasteiger partial charge in [-0.15, -0.1) is 11.3 Å². The fourth-order valence-electron chi connectivity index (χ4n) is 2.08. The van der Waals surface area contributed by atoms with E-state index in [1.807, 2.05) is 25.5 Å². The summed E-state index contributed by atoms with van der Waals surface area (Å²) in [5.74, 6) is 0. The monoisotopic (exact) mass is 257 g/mol. The van der Waals surface area contributed by atoms with Crippen molar-refractivity contribution in [3.63, 3.8) is 0 Å². The minimum absolute atomic E-state index is 1.05. The van der Waals surface area contributed by atoms with Gasteiger partial charge in [0.25, 0.3) is 6.33 Å². The lowest BCUT2D eigenvalue weighted by molar-refractivity contribution is -0.675. The molecule has 0 aliphatic carbocycles. The third-order valence-electron chi connectivity index (χ3n) is 2.92. The molecule has 0 saturated heterocycles. The summed E-state index contributed by atoms with van der Waals surface area (Å²) in [6.45, 7) is 7.94. The highest BCUT2D eigenvalue weighted by Crippen LogP contribution is 2.29. The van der Waals surface area contributed by atoms with Crippen molar-refractivity contribution in [2.45, 2.75) is 13.8 Å². The summed E-state index contributed by atoms with van der Waals surface area (Å²) in [7, 11) is 2.03. The van der Waals surface area contributed by atoms with E-state index in [4.69, 9.17) is 0 Å². The van der Waals surface area contributed by atoms with E-state index in [1.165, 1.54) is 21.5 Å². The standard InChI is InChI=1S/C15H17N2S/c1-5-7-11(3)12(6-2)14-15-13(8-9-18-15)16-10-17(14)4/h5-10H,1H2,2-4H3/q+1/b11-7-,12-6+. The van der Waals surface area contributed by atoms with E-state index < -0.39 is 0 Å². The minimum Gasteiger partial charge on any atom is -0.231 e. The molecule has 0 saturated carbocycles. The Morgan fingerprint density at radius 2 is 2.28 bits per heavy atom. The van der Waals surface area contributed by atoms with E-state index in [2.05, 4.69) is 47.5 Å². The fourth-order valence-corrected chi connectivity index (χ4v) is 3.02. The molecule has 0 aliphatic rings. The van der Waals surface area contributed by atoms with Crippen LogP contribution in [0.25, 0.3) is 15.8 Å². The number of fused-ring (bicyclic) bond motifs is 1. The lowest BCUT2D eigenvalue weighted by atomic mass is 10.0. The Morgan fingerprint density at radius 3 is 2.94 bits per heavy atom. The average molecular weight is 257 g/mol. The summed E-state index contributed by atoms with van der Waals surface area (Å²) in [6, 6.07) is 2.06. The Balaban J connectivity index is 2.72. The number of thiophene rings is 1. The highest BCUT2D eigenvalue weighted by atomic mass is 32.1. The smallest absolute Gasteiger partial charge is 0.231 e. The molecule has 0 radical (unpaired) electrons. The van der Waals surface area contributed by atoms with Crippen LogP contribution in [-0.2, 0) is 7.05 Å². The first-order valence-corrected chi connectivity index (χ1v) is 6.75. The number of nitrogens with zero attached hydrogens (tertiary/aromatic N) is 2. The molecule has 2 aromatic rings.